The van der Waals surface area contributed by atoms with Crippen molar-refractivity contribution >= 4 is 130 Å². The van der Waals surface area contributed by atoms with Gasteiger partial charge in [0.15, 0.2) is 0 Å². The summed E-state index contributed by atoms with van der Waals surface area (Å²) in [6.45, 7) is 12.0. The molecule has 0 aliphatic carbocycles. The van der Waals surface area contributed by atoms with E-state index in [2.05, 4.69) is 191 Å². The number of aldehydes is 1. The van der Waals surface area contributed by atoms with E-state index in [1.54, 1.807) is 19.9 Å². The quantitative estimate of drug-likeness (QED) is 0.0323. The van der Waals surface area contributed by atoms with Crippen molar-refractivity contribution in [2.24, 2.45) is 0 Å². The SMILES string of the molecule is C.CCOP(=O)(Cc1ccc2c(C#N)c3ccccc3c(C#N)c2c1)OCC.O=Cc1ccc(N(c2ccccc2)c2cccc3ccccc23)cc1.[C-]#[N+]c1c2ccccc2c(C#N)c2ccc(C=Cc3ccc(N(c4ccccc4)c4cccc5ccccc45)cc3)cc12. The summed E-state index contributed by atoms with van der Waals surface area (Å²) < 4.78 is 23.6. The molecule has 464 valence electrons. The fraction of sp³-hybridized carbons (Fsp3) is 0.0706. The highest BCUT2D eigenvalue weighted by molar-refractivity contribution is 7.53. The number of anilines is 6. The number of nitrogens with zero attached hydrogens (tertiary/aromatic N) is 6. The van der Waals surface area contributed by atoms with E-state index in [9.17, 15) is 25.1 Å². The van der Waals surface area contributed by atoms with E-state index >= 15 is 0 Å². The number of para-hydroxylation sites is 2. The Balaban J connectivity index is 0.000000154. The second-order valence-electron chi connectivity index (χ2n) is 22.3. The molecule has 0 atom stereocenters. The van der Waals surface area contributed by atoms with Crippen molar-refractivity contribution in [1.29, 1.82) is 15.8 Å². The molecule has 96 heavy (non-hydrogen) atoms. The summed E-state index contributed by atoms with van der Waals surface area (Å²) in [5, 5.41) is 40.3. The summed E-state index contributed by atoms with van der Waals surface area (Å²) in [5.41, 5.74) is 12.2. The van der Waals surface area contributed by atoms with E-state index in [0.717, 1.165) is 89.4 Å². The Kier molecular flexibility index (Phi) is 20.4. The molecule has 0 aliphatic rings. The summed E-state index contributed by atoms with van der Waals surface area (Å²) in [6, 6.07) is 99.9. The summed E-state index contributed by atoms with van der Waals surface area (Å²) in [4.78, 5) is 19.4. The van der Waals surface area contributed by atoms with E-state index in [-0.39, 0.29) is 26.8 Å². The molecule has 0 heterocycles. The highest BCUT2D eigenvalue weighted by Gasteiger charge is 2.25. The minimum Gasteiger partial charge on any atom is -0.310 e. The van der Waals surface area contributed by atoms with Gasteiger partial charge in [-0.25, -0.2) is 4.85 Å². The molecular weight excluding hydrogens is 1200 g/mol. The van der Waals surface area contributed by atoms with Crippen molar-refractivity contribution in [3.63, 3.8) is 0 Å². The Morgan fingerprint density at radius 3 is 1.26 bits per heavy atom. The zero-order valence-electron chi connectivity index (χ0n) is 52.2. The molecule has 14 rings (SSSR count). The third kappa shape index (κ3) is 13.6. The van der Waals surface area contributed by atoms with Crippen LogP contribution in [0.4, 0.5) is 39.8 Å². The Labute approximate surface area is 559 Å². The summed E-state index contributed by atoms with van der Waals surface area (Å²) >= 11 is 0. The number of carbonyl (C=O) groups excluding carboxylic acids is 1. The maximum Gasteiger partial charge on any atom is 0.335 e. The fourth-order valence-corrected chi connectivity index (χ4v) is 14.0. The number of hydrogen-bond donors (Lipinski definition) is 0. The lowest BCUT2D eigenvalue weighted by atomic mass is 9.92. The van der Waals surface area contributed by atoms with E-state index in [1.165, 1.54) is 21.5 Å². The smallest absolute Gasteiger partial charge is 0.310 e. The predicted octanol–water partition coefficient (Wildman–Crippen LogP) is 23.5. The van der Waals surface area contributed by atoms with Crippen LogP contribution in [0, 0.1) is 40.6 Å². The van der Waals surface area contributed by atoms with Gasteiger partial charge in [0.25, 0.3) is 0 Å². The first-order chi connectivity index (χ1) is 46.7. The van der Waals surface area contributed by atoms with Gasteiger partial charge >= 0.3 is 7.60 Å². The van der Waals surface area contributed by atoms with Crippen molar-refractivity contribution in [3.05, 3.63) is 329 Å². The molecule has 0 amide bonds. The lowest BCUT2D eigenvalue weighted by Crippen LogP contribution is -2.10. The maximum absolute atomic E-state index is 12.8. The molecule has 14 aromatic carbocycles. The van der Waals surface area contributed by atoms with Gasteiger partial charge in [0.05, 0.1) is 54.0 Å². The van der Waals surface area contributed by atoms with Gasteiger partial charge in [0.2, 0.25) is 5.69 Å². The van der Waals surface area contributed by atoms with Crippen LogP contribution in [0.25, 0.3) is 81.6 Å². The highest BCUT2D eigenvalue weighted by atomic mass is 31.2. The average molecular weight is 1270 g/mol. The van der Waals surface area contributed by atoms with Crippen LogP contribution in [0.5, 0.6) is 0 Å². The summed E-state index contributed by atoms with van der Waals surface area (Å²) in [5.74, 6) is 0. The second-order valence-corrected chi connectivity index (χ2v) is 24.3. The predicted molar refractivity (Wildman–Crippen MR) is 396 cm³/mol. The van der Waals surface area contributed by atoms with Crippen LogP contribution in [-0.4, -0.2) is 19.5 Å². The highest BCUT2D eigenvalue weighted by Crippen LogP contribution is 2.52. The van der Waals surface area contributed by atoms with Crippen LogP contribution >= 0.6 is 7.60 Å². The Hall–Kier alpha value is -12.2. The van der Waals surface area contributed by atoms with Gasteiger partial charge in [-0.15, -0.1) is 0 Å². The van der Waals surface area contributed by atoms with E-state index in [0.29, 0.717) is 38.7 Å². The molecule has 0 saturated carbocycles. The first-order valence-electron chi connectivity index (χ1n) is 31.1. The largest absolute Gasteiger partial charge is 0.335 e. The van der Waals surface area contributed by atoms with E-state index < -0.39 is 7.60 Å². The molecule has 0 N–H and O–H groups in total. The molecule has 0 radical (unpaired) electrons. The molecule has 0 aromatic heterocycles. The number of nitriles is 3. The molecule has 0 saturated heterocycles. The minimum absolute atomic E-state index is 0. The first-order valence-corrected chi connectivity index (χ1v) is 32.8. The summed E-state index contributed by atoms with van der Waals surface area (Å²) in [7, 11) is -3.26. The number of benzene rings is 14. The summed E-state index contributed by atoms with van der Waals surface area (Å²) in [6.07, 6.45) is 5.13. The van der Waals surface area contributed by atoms with Gasteiger partial charge in [0, 0.05) is 60.6 Å². The van der Waals surface area contributed by atoms with Crippen LogP contribution in [-0.2, 0) is 19.8 Å². The van der Waals surface area contributed by atoms with E-state index in [4.69, 9.17) is 15.6 Å². The molecule has 0 aliphatic heterocycles. The van der Waals surface area contributed by atoms with Gasteiger partial charge in [-0.2, -0.15) is 15.8 Å². The number of rotatable bonds is 15. The fourth-order valence-electron chi connectivity index (χ4n) is 12.3. The maximum atomic E-state index is 12.8. The van der Waals surface area contributed by atoms with Gasteiger partial charge in [0.1, 0.15) is 24.5 Å². The molecule has 0 spiro atoms. The molecule has 11 heteroatoms. The zero-order chi connectivity index (χ0) is 65.7. The van der Waals surface area contributed by atoms with Crippen molar-refractivity contribution in [1.82, 2.24) is 0 Å². The van der Waals surface area contributed by atoms with Gasteiger partial charge < -0.3 is 18.8 Å². The molecule has 0 unspecified atom stereocenters. The van der Waals surface area contributed by atoms with Crippen molar-refractivity contribution < 1.29 is 18.4 Å². The Morgan fingerprint density at radius 1 is 0.406 bits per heavy atom. The van der Waals surface area contributed by atoms with Crippen molar-refractivity contribution in [2.45, 2.75) is 27.4 Å². The second kappa shape index (κ2) is 30.0. The molecule has 14 aromatic rings. The van der Waals surface area contributed by atoms with Gasteiger partial charge in [-0.05, 0) is 142 Å². The lowest BCUT2D eigenvalue weighted by Gasteiger charge is -2.27. The van der Waals surface area contributed by atoms with Crippen LogP contribution in [0.1, 0.15) is 65.0 Å². The third-order valence-electron chi connectivity index (χ3n) is 16.5. The Morgan fingerprint density at radius 2 is 0.781 bits per heavy atom. The van der Waals surface area contributed by atoms with Crippen molar-refractivity contribution in [3.8, 4) is 18.2 Å². The number of hydrogen-bond acceptors (Lipinski definition) is 9. The molecule has 10 nitrogen and oxygen atoms in total. The third-order valence-corrected chi connectivity index (χ3v) is 18.6. The van der Waals surface area contributed by atoms with Crippen LogP contribution in [0.2, 0.25) is 0 Å². The average Bonchev–Trinajstić information content (AvgIpc) is 0.778. The normalized spacial score (nSPS) is 10.9. The van der Waals surface area contributed by atoms with Crippen LogP contribution in [0.3, 0.4) is 0 Å². The molecule has 0 bridgehead atoms. The van der Waals surface area contributed by atoms with Crippen molar-refractivity contribution in [2.75, 3.05) is 23.0 Å². The number of fused-ring (bicyclic) bond motifs is 6. The lowest BCUT2D eigenvalue weighted by molar-refractivity contribution is 0.112. The monoisotopic (exact) mass is 1260 g/mol. The zero-order valence-corrected chi connectivity index (χ0v) is 53.1. The van der Waals surface area contributed by atoms with Gasteiger partial charge in [-0.3, -0.25) is 9.36 Å². The molecular formula is C85H65N6O4P. The van der Waals surface area contributed by atoms with Crippen LogP contribution < -0.4 is 9.80 Å². The minimum atomic E-state index is -3.26. The van der Waals surface area contributed by atoms with Crippen LogP contribution in [0.15, 0.2) is 279 Å². The first kappa shape index (κ1) is 65.3. The van der Waals surface area contributed by atoms with E-state index in [1.807, 2.05) is 127 Å². The standard InChI is InChI=1S/C40H25N3.C23H17NO.C21H19N2O3P.CH4/c1-42-40-36-16-8-7-15-34(36)38(27-41)35-25-22-29(26-37(35)40)19-18-28-20-23-32(24-21-28)43(31-12-3-2-4-13-31)39-17-9-11-30-10-5-6-14-33(30)39;25-17-18-13-15-21(16-14-18)24(20-9-2-1-3-10-20)23-12-6-8-19-7-4-5-11-22(19)23;1-3-25-27(24,26-4-2)14-15-9-10-18-19(11-15)21(13-23)17-8-6-5-7-16(17)20(18)12-22;/h2-26H;1-17H;5-11H,3-4,14H2,1-2H3;1H4. The number of carbonyl (C=O) groups is 1. The van der Waals surface area contributed by atoms with Gasteiger partial charge in [-0.1, -0.05) is 220 Å². The Bertz CT molecular complexity index is 5420. The molecule has 0 fully saturated rings. The topological polar surface area (TPSA) is 135 Å².